The lowest BCUT2D eigenvalue weighted by Gasteiger charge is -2.11. The third-order valence-electron chi connectivity index (χ3n) is 3.44. The molecular weight excluding hydrogens is 408 g/mol. The molecule has 0 saturated carbocycles. The minimum Gasteiger partial charge on any atom is -0.488 e. The Bertz CT molecular complexity index is 835. The zero-order chi connectivity index (χ0) is 18.4. The van der Waals surface area contributed by atoms with Gasteiger partial charge in [-0.15, -0.1) is 0 Å². The van der Waals surface area contributed by atoms with E-state index in [9.17, 15) is 4.79 Å². The Hall–Kier alpha value is -1.98. The number of fused-ring (bicyclic) bond motifs is 1. The fraction of sp³-hybridized carbons (Fsp3) is 0.211. The van der Waals surface area contributed by atoms with Gasteiger partial charge in [-0.3, -0.25) is 4.79 Å². The van der Waals surface area contributed by atoms with Gasteiger partial charge >= 0.3 is 5.97 Å². The summed E-state index contributed by atoms with van der Waals surface area (Å²) in [6.07, 6.45) is 4.80. The van der Waals surface area contributed by atoms with E-state index in [1.807, 2.05) is 6.07 Å². The van der Waals surface area contributed by atoms with Crippen molar-refractivity contribution in [2.24, 2.45) is 0 Å². The monoisotopic (exact) mass is 424 g/mol. The van der Waals surface area contributed by atoms with Crippen molar-refractivity contribution in [1.82, 2.24) is 0 Å². The number of benzene rings is 1. The third-order valence-corrected chi connectivity index (χ3v) is 4.25. The zero-order valence-corrected chi connectivity index (χ0v) is 16.2. The highest BCUT2D eigenvalue weighted by Crippen LogP contribution is 2.32. The first-order valence-electron chi connectivity index (χ1n) is 7.61. The normalized spacial score (nSPS) is 11.8. The molecule has 1 aromatic carbocycles. The van der Waals surface area contributed by atoms with Gasteiger partial charge in [0.2, 0.25) is 0 Å². The summed E-state index contributed by atoms with van der Waals surface area (Å²) in [7, 11) is 0. The maximum absolute atomic E-state index is 11.7. The van der Waals surface area contributed by atoms with Crippen molar-refractivity contribution in [3.05, 3.63) is 70.1 Å². The SMILES string of the molecule is C=C/C(CC(=O)OCC)=C(\C=C)OCc1coc2c(Br)cc(Cl)cc12. The number of hydrogen-bond donors (Lipinski definition) is 0. The summed E-state index contributed by atoms with van der Waals surface area (Å²) in [6.45, 7) is 9.78. The number of esters is 1. The van der Waals surface area contributed by atoms with Gasteiger partial charge in [0.1, 0.15) is 17.9 Å². The van der Waals surface area contributed by atoms with Crippen LogP contribution in [0.2, 0.25) is 5.02 Å². The third kappa shape index (κ3) is 4.77. The molecule has 0 amide bonds. The summed E-state index contributed by atoms with van der Waals surface area (Å²) in [5.74, 6) is 0.128. The highest BCUT2D eigenvalue weighted by molar-refractivity contribution is 9.10. The van der Waals surface area contributed by atoms with Gasteiger partial charge in [-0.25, -0.2) is 0 Å². The summed E-state index contributed by atoms with van der Waals surface area (Å²) in [4.78, 5) is 11.7. The molecule has 0 fully saturated rings. The molecule has 25 heavy (non-hydrogen) atoms. The second-order valence-electron chi connectivity index (χ2n) is 5.09. The number of hydrogen-bond acceptors (Lipinski definition) is 4. The van der Waals surface area contributed by atoms with Gasteiger partial charge in [-0.05, 0) is 41.1 Å². The minimum absolute atomic E-state index is 0.0716. The van der Waals surface area contributed by atoms with Crippen molar-refractivity contribution in [3.63, 3.8) is 0 Å². The van der Waals surface area contributed by atoms with Gasteiger partial charge in [-0.2, -0.15) is 0 Å². The summed E-state index contributed by atoms with van der Waals surface area (Å²) >= 11 is 9.52. The Labute approximate surface area is 159 Å². The summed E-state index contributed by atoms with van der Waals surface area (Å²) < 4.78 is 17.1. The van der Waals surface area contributed by atoms with E-state index in [0.29, 0.717) is 28.5 Å². The number of ether oxygens (including phenoxy) is 2. The first kappa shape index (κ1) is 19.3. The molecule has 0 N–H and O–H groups in total. The molecule has 132 valence electrons. The largest absolute Gasteiger partial charge is 0.488 e. The Kier molecular flexibility index (Phi) is 6.91. The molecule has 0 bridgehead atoms. The molecule has 2 aromatic rings. The molecule has 1 aromatic heterocycles. The highest BCUT2D eigenvalue weighted by Gasteiger charge is 2.13. The Morgan fingerprint density at radius 1 is 1.32 bits per heavy atom. The van der Waals surface area contributed by atoms with Crippen LogP contribution in [-0.2, 0) is 20.9 Å². The number of furan rings is 1. The van der Waals surface area contributed by atoms with Crippen molar-refractivity contribution < 1.29 is 18.7 Å². The molecule has 0 atom stereocenters. The van der Waals surface area contributed by atoms with Crippen molar-refractivity contribution in [3.8, 4) is 0 Å². The molecule has 0 aliphatic carbocycles. The predicted molar refractivity (Wildman–Crippen MR) is 102 cm³/mol. The van der Waals surface area contributed by atoms with Gasteiger partial charge < -0.3 is 13.9 Å². The summed E-state index contributed by atoms with van der Waals surface area (Å²) in [5, 5.41) is 1.45. The Morgan fingerprint density at radius 2 is 2.08 bits per heavy atom. The molecule has 2 rings (SSSR count). The van der Waals surface area contributed by atoms with Crippen LogP contribution in [0.4, 0.5) is 0 Å². The van der Waals surface area contributed by atoms with Crippen LogP contribution in [0, 0.1) is 0 Å². The Morgan fingerprint density at radius 3 is 2.72 bits per heavy atom. The van der Waals surface area contributed by atoms with Crippen molar-refractivity contribution in [1.29, 1.82) is 0 Å². The van der Waals surface area contributed by atoms with E-state index in [-0.39, 0.29) is 19.0 Å². The molecule has 0 spiro atoms. The van der Waals surface area contributed by atoms with E-state index in [0.717, 1.165) is 15.4 Å². The Balaban J connectivity index is 2.22. The van der Waals surface area contributed by atoms with E-state index in [2.05, 4.69) is 29.1 Å². The maximum atomic E-state index is 11.7. The number of carbonyl (C=O) groups is 1. The number of rotatable bonds is 8. The molecule has 6 heteroatoms. The lowest BCUT2D eigenvalue weighted by Crippen LogP contribution is -2.06. The number of allylic oxidation sites excluding steroid dienone is 2. The van der Waals surface area contributed by atoms with Crippen LogP contribution in [0.3, 0.4) is 0 Å². The predicted octanol–water partition coefficient (Wildman–Crippen LogP) is 5.94. The average Bonchev–Trinajstić information content (AvgIpc) is 2.97. The van der Waals surface area contributed by atoms with Crippen LogP contribution < -0.4 is 0 Å². The average molecular weight is 426 g/mol. The van der Waals surface area contributed by atoms with Crippen molar-refractivity contribution >= 4 is 44.5 Å². The quantitative estimate of drug-likeness (QED) is 0.298. The van der Waals surface area contributed by atoms with Gasteiger partial charge in [-0.1, -0.05) is 30.8 Å². The molecular formula is C19H18BrClO4. The molecule has 0 aliphatic heterocycles. The van der Waals surface area contributed by atoms with E-state index in [1.165, 1.54) is 0 Å². The van der Waals surface area contributed by atoms with Crippen LogP contribution in [0.5, 0.6) is 0 Å². The minimum atomic E-state index is -0.343. The fourth-order valence-electron chi connectivity index (χ4n) is 2.29. The van der Waals surface area contributed by atoms with Gasteiger partial charge in [0, 0.05) is 21.5 Å². The molecule has 0 saturated heterocycles. The number of carbonyl (C=O) groups excluding carboxylic acids is 1. The van der Waals surface area contributed by atoms with Crippen LogP contribution >= 0.6 is 27.5 Å². The maximum Gasteiger partial charge on any atom is 0.310 e. The molecule has 0 radical (unpaired) electrons. The van der Waals surface area contributed by atoms with E-state index in [4.69, 9.17) is 25.5 Å². The molecule has 1 heterocycles. The van der Waals surface area contributed by atoms with E-state index < -0.39 is 0 Å². The topological polar surface area (TPSA) is 48.7 Å². The second kappa shape index (κ2) is 8.92. The van der Waals surface area contributed by atoms with Gasteiger partial charge in [0.25, 0.3) is 0 Å². The summed E-state index contributed by atoms with van der Waals surface area (Å²) in [6, 6.07) is 3.58. The lowest BCUT2D eigenvalue weighted by molar-refractivity contribution is -0.142. The number of halogens is 2. The fourth-order valence-corrected chi connectivity index (χ4v) is 3.19. The van der Waals surface area contributed by atoms with E-state index in [1.54, 1.807) is 31.4 Å². The van der Waals surface area contributed by atoms with Gasteiger partial charge in [0.05, 0.1) is 23.8 Å². The lowest BCUT2D eigenvalue weighted by atomic mass is 10.1. The first-order valence-corrected chi connectivity index (χ1v) is 8.78. The van der Waals surface area contributed by atoms with E-state index >= 15 is 0 Å². The standard InChI is InChI=1S/C19H18BrClO4/c1-4-12(7-18(22)23-6-3)17(5-2)24-10-13-11-25-19-15(13)8-14(21)9-16(19)20/h4-5,8-9,11H,1-2,6-7,10H2,3H3/b17-12-. The molecule has 0 unspecified atom stereocenters. The molecule has 4 nitrogen and oxygen atoms in total. The smallest absolute Gasteiger partial charge is 0.310 e. The first-order chi connectivity index (χ1) is 12.0. The van der Waals surface area contributed by atoms with Crippen LogP contribution in [0.15, 0.2) is 63.9 Å². The molecule has 0 aliphatic rings. The second-order valence-corrected chi connectivity index (χ2v) is 6.38. The van der Waals surface area contributed by atoms with Crippen LogP contribution in [0.25, 0.3) is 11.0 Å². The highest BCUT2D eigenvalue weighted by atomic mass is 79.9. The van der Waals surface area contributed by atoms with Gasteiger partial charge in [0.15, 0.2) is 0 Å². The van der Waals surface area contributed by atoms with Crippen molar-refractivity contribution in [2.75, 3.05) is 6.61 Å². The van der Waals surface area contributed by atoms with Crippen LogP contribution in [-0.4, -0.2) is 12.6 Å². The van der Waals surface area contributed by atoms with Crippen molar-refractivity contribution in [2.45, 2.75) is 20.0 Å². The van der Waals surface area contributed by atoms with Crippen LogP contribution in [0.1, 0.15) is 18.9 Å². The summed E-state index contributed by atoms with van der Waals surface area (Å²) in [5.41, 5.74) is 2.14. The zero-order valence-electron chi connectivity index (χ0n) is 13.8.